The van der Waals surface area contributed by atoms with Crippen molar-refractivity contribution in [2.24, 2.45) is 0 Å². The minimum Gasteiger partial charge on any atom is -0.475 e. The number of ketones is 1. The van der Waals surface area contributed by atoms with Crippen LogP contribution in [0.5, 0.6) is 0 Å². The summed E-state index contributed by atoms with van der Waals surface area (Å²) in [5.41, 5.74) is 1.12. The Hall–Kier alpha value is -2.97. The Kier molecular flexibility index (Phi) is 6.14. The van der Waals surface area contributed by atoms with Gasteiger partial charge in [0.1, 0.15) is 18.0 Å². The van der Waals surface area contributed by atoms with Crippen molar-refractivity contribution >= 4 is 40.6 Å². The molecule has 0 fully saturated rings. The van der Waals surface area contributed by atoms with E-state index in [1.807, 2.05) is 0 Å². The molecular weight excluding hydrogens is 422 g/mol. The maximum absolute atomic E-state index is 13.6. The molecule has 3 aromatic rings. The van der Waals surface area contributed by atoms with Crippen LogP contribution in [0, 0.1) is 12.7 Å². The van der Waals surface area contributed by atoms with E-state index < -0.39 is 23.5 Å². The van der Waals surface area contributed by atoms with E-state index in [0.717, 1.165) is 6.07 Å². The molecule has 0 amide bonds. The average molecular weight is 437 g/mol. The van der Waals surface area contributed by atoms with Crippen LogP contribution in [0.4, 0.5) is 10.1 Å². The van der Waals surface area contributed by atoms with Crippen molar-refractivity contribution in [3.63, 3.8) is 0 Å². The third kappa shape index (κ3) is 4.72. The lowest BCUT2D eigenvalue weighted by molar-refractivity contribution is -0.149. The van der Waals surface area contributed by atoms with Crippen molar-refractivity contribution in [3.05, 3.63) is 70.0 Å². The number of rotatable bonds is 7. The van der Waals surface area contributed by atoms with E-state index in [1.54, 1.807) is 19.1 Å². The van der Waals surface area contributed by atoms with Crippen LogP contribution in [-0.2, 0) is 9.59 Å². The van der Waals surface area contributed by atoms with Crippen molar-refractivity contribution in [2.75, 3.05) is 11.9 Å². The second kappa shape index (κ2) is 8.59. The number of aliphatic carboxylic acids is 1. The minimum atomic E-state index is -1.62. The fraction of sp³-hybridized carbons (Fsp3) is 0.158. The van der Waals surface area contributed by atoms with Crippen LogP contribution in [-0.4, -0.2) is 38.2 Å². The molecule has 1 unspecified atom stereocenters. The number of aromatic nitrogens is 3. The van der Waals surface area contributed by atoms with Crippen molar-refractivity contribution in [2.45, 2.75) is 12.8 Å². The number of carbonyl (C=O) groups excluding carboxylic acids is 1. The molecule has 0 radical (unpaired) electrons. The van der Waals surface area contributed by atoms with Gasteiger partial charge in [0.25, 0.3) is 0 Å². The molecule has 0 aliphatic carbocycles. The second-order valence-corrected chi connectivity index (χ2v) is 6.99. The monoisotopic (exact) mass is 436 g/mol. The van der Waals surface area contributed by atoms with Gasteiger partial charge in [0.15, 0.2) is 0 Å². The summed E-state index contributed by atoms with van der Waals surface area (Å²) in [6.45, 7) is 1.59. The highest BCUT2D eigenvalue weighted by molar-refractivity contribution is 6.39. The van der Waals surface area contributed by atoms with Crippen LogP contribution < -0.4 is 5.32 Å². The lowest BCUT2D eigenvalue weighted by Crippen LogP contribution is -2.27. The van der Waals surface area contributed by atoms with Gasteiger partial charge in [-0.05, 0) is 36.8 Å². The van der Waals surface area contributed by atoms with Gasteiger partial charge in [0, 0.05) is 6.54 Å². The molecule has 1 atom stereocenters. The first-order valence-corrected chi connectivity index (χ1v) is 9.16. The Morgan fingerprint density at radius 2 is 1.93 bits per heavy atom. The fourth-order valence-electron chi connectivity index (χ4n) is 2.77. The molecule has 2 aromatic carbocycles. The maximum Gasteiger partial charge on any atom is 0.372 e. The van der Waals surface area contributed by atoms with E-state index in [-0.39, 0.29) is 22.2 Å². The third-order valence-corrected chi connectivity index (χ3v) is 4.76. The molecule has 7 nitrogen and oxygen atoms in total. The highest BCUT2D eigenvalue weighted by atomic mass is 35.5. The van der Waals surface area contributed by atoms with Gasteiger partial charge in [0.2, 0.25) is 5.78 Å². The zero-order chi connectivity index (χ0) is 21.1. The predicted molar refractivity (Wildman–Crippen MR) is 106 cm³/mol. The van der Waals surface area contributed by atoms with Crippen LogP contribution in [0.3, 0.4) is 0 Å². The summed E-state index contributed by atoms with van der Waals surface area (Å²) >= 11 is 12.6. The Bertz CT molecular complexity index is 1060. The number of halogens is 3. The van der Waals surface area contributed by atoms with Gasteiger partial charge in [-0.3, -0.25) is 4.79 Å². The number of carboxylic acid groups (broad SMARTS) is 1. The second-order valence-electron chi connectivity index (χ2n) is 6.18. The standard InChI is InChI=1S/C19H15Cl2FN4O3/c1-10-24-9-26(25-10)13-6-15(20)17(16(21)7-13)23-8-14(18(27)19(28)29)11-3-2-4-12(22)5-11/h2-7,9,14,23H,8H2,1H3,(H,28,29). The van der Waals surface area contributed by atoms with Crippen LogP contribution in [0.25, 0.3) is 5.69 Å². The van der Waals surface area contributed by atoms with E-state index in [1.165, 1.54) is 29.2 Å². The van der Waals surface area contributed by atoms with Gasteiger partial charge in [-0.25, -0.2) is 18.9 Å². The summed E-state index contributed by atoms with van der Waals surface area (Å²) in [5.74, 6) is -3.83. The van der Waals surface area contributed by atoms with Gasteiger partial charge in [0.05, 0.1) is 27.3 Å². The van der Waals surface area contributed by atoms with E-state index in [2.05, 4.69) is 15.4 Å². The van der Waals surface area contributed by atoms with Crippen LogP contribution >= 0.6 is 23.2 Å². The Morgan fingerprint density at radius 1 is 1.24 bits per heavy atom. The molecule has 1 heterocycles. The summed E-state index contributed by atoms with van der Waals surface area (Å²) in [7, 11) is 0. The molecule has 0 spiro atoms. The van der Waals surface area contributed by atoms with Gasteiger partial charge in [-0.15, -0.1) is 0 Å². The Morgan fingerprint density at radius 3 is 2.48 bits per heavy atom. The number of Topliss-reactive ketones (excluding diaryl/α,β-unsaturated/α-hetero) is 1. The zero-order valence-electron chi connectivity index (χ0n) is 15.1. The molecule has 2 N–H and O–H groups in total. The molecule has 0 saturated carbocycles. The van der Waals surface area contributed by atoms with Crippen molar-refractivity contribution in [3.8, 4) is 5.69 Å². The third-order valence-electron chi connectivity index (χ3n) is 4.16. The van der Waals surface area contributed by atoms with E-state index >= 15 is 0 Å². The van der Waals surface area contributed by atoms with Gasteiger partial charge >= 0.3 is 5.97 Å². The number of carbonyl (C=O) groups is 2. The lowest BCUT2D eigenvalue weighted by atomic mass is 9.94. The molecule has 3 rings (SSSR count). The first-order valence-electron chi connectivity index (χ1n) is 8.40. The van der Waals surface area contributed by atoms with Gasteiger partial charge < -0.3 is 10.4 Å². The molecule has 1 aromatic heterocycles. The summed E-state index contributed by atoms with van der Waals surface area (Å²) in [6, 6.07) is 8.40. The molecule has 10 heteroatoms. The lowest BCUT2D eigenvalue weighted by Gasteiger charge is -2.18. The summed E-state index contributed by atoms with van der Waals surface area (Å²) in [5, 5.41) is 16.7. The normalized spacial score (nSPS) is 11.9. The molecule has 0 bridgehead atoms. The topological polar surface area (TPSA) is 97.1 Å². The number of carboxylic acids is 1. The molecule has 29 heavy (non-hydrogen) atoms. The molecular formula is C19H15Cl2FN4O3. The molecule has 0 saturated heterocycles. The molecule has 150 valence electrons. The number of nitrogens with zero attached hydrogens (tertiary/aromatic N) is 3. The van der Waals surface area contributed by atoms with Gasteiger partial charge in [-0.1, -0.05) is 35.3 Å². The number of anilines is 1. The highest BCUT2D eigenvalue weighted by Gasteiger charge is 2.27. The SMILES string of the molecule is Cc1ncn(-c2cc(Cl)c(NCC(C(=O)C(=O)O)c3cccc(F)c3)c(Cl)c2)n1. The number of benzene rings is 2. The first-order chi connectivity index (χ1) is 13.8. The van der Waals surface area contributed by atoms with E-state index in [9.17, 15) is 14.0 Å². The van der Waals surface area contributed by atoms with Crippen molar-refractivity contribution in [1.29, 1.82) is 0 Å². The van der Waals surface area contributed by atoms with E-state index in [4.69, 9.17) is 28.3 Å². The molecule has 0 aliphatic heterocycles. The number of hydrogen-bond donors (Lipinski definition) is 2. The van der Waals surface area contributed by atoms with E-state index in [0.29, 0.717) is 17.2 Å². The quantitative estimate of drug-likeness (QED) is 0.545. The summed E-state index contributed by atoms with van der Waals surface area (Å²) < 4.78 is 15.1. The van der Waals surface area contributed by atoms with Crippen LogP contribution in [0.1, 0.15) is 17.3 Å². The van der Waals surface area contributed by atoms with Crippen molar-refractivity contribution in [1.82, 2.24) is 14.8 Å². The summed E-state index contributed by atoms with van der Waals surface area (Å²) in [4.78, 5) is 27.4. The zero-order valence-corrected chi connectivity index (χ0v) is 16.6. The van der Waals surface area contributed by atoms with Gasteiger partial charge in [-0.2, -0.15) is 5.10 Å². The van der Waals surface area contributed by atoms with Crippen molar-refractivity contribution < 1.29 is 19.1 Å². The first kappa shape index (κ1) is 20.8. The number of hydrogen-bond acceptors (Lipinski definition) is 5. The number of nitrogens with one attached hydrogen (secondary N) is 1. The fourth-order valence-corrected chi connectivity index (χ4v) is 3.38. The van der Waals surface area contributed by atoms with Crippen LogP contribution in [0.2, 0.25) is 10.0 Å². The Labute approximate surface area is 175 Å². The summed E-state index contributed by atoms with van der Waals surface area (Å²) in [6.07, 6.45) is 1.51. The Balaban J connectivity index is 1.87. The van der Waals surface area contributed by atoms with Crippen LogP contribution in [0.15, 0.2) is 42.7 Å². The maximum atomic E-state index is 13.6. The average Bonchev–Trinajstić information content (AvgIpc) is 3.10. The molecule has 0 aliphatic rings. The predicted octanol–water partition coefficient (Wildman–Crippen LogP) is 3.87. The smallest absolute Gasteiger partial charge is 0.372 e. The minimum absolute atomic E-state index is 0.143. The largest absolute Gasteiger partial charge is 0.475 e. The highest BCUT2D eigenvalue weighted by Crippen LogP contribution is 2.34. The number of aryl methyl sites for hydroxylation is 1.